The number of benzene rings is 2. The van der Waals surface area contributed by atoms with E-state index in [1.54, 1.807) is 50.6 Å². The zero-order valence-electron chi connectivity index (χ0n) is 14.0. The second-order valence-corrected chi connectivity index (χ2v) is 5.59. The van der Waals surface area contributed by atoms with Gasteiger partial charge < -0.3 is 19.7 Å². The second-order valence-electron chi connectivity index (χ2n) is 5.18. The van der Waals surface area contributed by atoms with Crippen LogP contribution in [0.15, 0.2) is 42.5 Å². The van der Waals surface area contributed by atoms with Crippen LogP contribution in [0.2, 0.25) is 5.02 Å². The highest BCUT2D eigenvalue weighted by Gasteiger charge is 2.11. The molecule has 0 aliphatic heterocycles. The number of likely N-dealkylation sites (N-methyl/N-ethyl adjacent to an activating group) is 1. The van der Waals surface area contributed by atoms with Gasteiger partial charge in [-0.1, -0.05) is 11.6 Å². The van der Waals surface area contributed by atoms with Crippen LogP contribution in [0.3, 0.4) is 0 Å². The van der Waals surface area contributed by atoms with Crippen LogP contribution < -0.4 is 14.8 Å². The molecule has 130 valence electrons. The number of rotatable bonds is 6. The Kier molecular flexibility index (Phi) is 6.49. The highest BCUT2D eigenvalue weighted by molar-refractivity contribution is 6.33. The molecule has 25 heavy (non-hydrogen) atoms. The quantitative estimate of drug-likeness (QED) is 0.852. The molecule has 0 unspecified atom stereocenters. The van der Waals surface area contributed by atoms with Gasteiger partial charge in [-0.2, -0.15) is 5.26 Å². The fraction of sp³-hybridized carbons (Fsp3) is 0.222. The van der Waals surface area contributed by atoms with Gasteiger partial charge >= 0.3 is 6.03 Å². The van der Waals surface area contributed by atoms with Crippen molar-refractivity contribution >= 4 is 23.3 Å². The Morgan fingerprint density at radius 2 is 1.92 bits per heavy atom. The molecule has 7 heteroatoms. The SMILES string of the molecule is COc1ccc(OCCN(C)C(=O)Nc2cc(C#N)ccc2Cl)cc1. The number of methoxy groups -OCH3 is 1. The van der Waals surface area contributed by atoms with Crippen molar-refractivity contribution in [3.63, 3.8) is 0 Å². The molecule has 0 bridgehead atoms. The Balaban J connectivity index is 1.84. The van der Waals surface area contributed by atoms with Gasteiger partial charge in [0, 0.05) is 7.05 Å². The number of urea groups is 1. The number of nitrogens with one attached hydrogen (secondary N) is 1. The summed E-state index contributed by atoms with van der Waals surface area (Å²) in [5.41, 5.74) is 0.818. The van der Waals surface area contributed by atoms with Gasteiger partial charge in [0.1, 0.15) is 18.1 Å². The van der Waals surface area contributed by atoms with E-state index in [2.05, 4.69) is 5.32 Å². The van der Waals surface area contributed by atoms with Gasteiger partial charge in [-0.15, -0.1) is 0 Å². The molecule has 2 aromatic rings. The number of ether oxygens (including phenoxy) is 2. The van der Waals surface area contributed by atoms with Crippen LogP contribution in [-0.2, 0) is 0 Å². The highest BCUT2D eigenvalue weighted by Crippen LogP contribution is 2.23. The third-order valence-corrected chi connectivity index (χ3v) is 3.77. The number of nitrogens with zero attached hydrogens (tertiary/aromatic N) is 2. The van der Waals surface area contributed by atoms with Gasteiger partial charge in [-0.3, -0.25) is 0 Å². The summed E-state index contributed by atoms with van der Waals surface area (Å²) in [6.07, 6.45) is 0. The number of carbonyl (C=O) groups is 1. The predicted molar refractivity (Wildman–Crippen MR) is 96.3 cm³/mol. The lowest BCUT2D eigenvalue weighted by molar-refractivity contribution is 0.207. The molecule has 0 radical (unpaired) electrons. The first kappa shape index (κ1) is 18.4. The molecule has 2 amide bonds. The first-order valence-electron chi connectivity index (χ1n) is 7.52. The zero-order valence-corrected chi connectivity index (χ0v) is 14.7. The van der Waals surface area contributed by atoms with Crippen LogP contribution in [0.25, 0.3) is 0 Å². The zero-order chi connectivity index (χ0) is 18.2. The minimum absolute atomic E-state index is 0.336. The Labute approximate surface area is 151 Å². The van der Waals surface area contributed by atoms with E-state index in [-0.39, 0.29) is 6.03 Å². The normalized spacial score (nSPS) is 9.84. The number of halogens is 1. The van der Waals surface area contributed by atoms with Crippen LogP contribution in [0, 0.1) is 11.3 Å². The van der Waals surface area contributed by atoms with Crippen molar-refractivity contribution in [3.05, 3.63) is 53.1 Å². The molecule has 2 aromatic carbocycles. The van der Waals surface area contributed by atoms with Gasteiger partial charge in [0.15, 0.2) is 0 Å². The van der Waals surface area contributed by atoms with Gasteiger partial charge in [0.05, 0.1) is 36.0 Å². The Hall–Kier alpha value is -2.91. The lowest BCUT2D eigenvalue weighted by atomic mass is 10.2. The number of hydrogen-bond acceptors (Lipinski definition) is 4. The summed E-state index contributed by atoms with van der Waals surface area (Å²) in [6, 6.07) is 13.6. The van der Waals surface area contributed by atoms with Crippen molar-refractivity contribution in [2.24, 2.45) is 0 Å². The molecule has 0 fully saturated rings. The van der Waals surface area contributed by atoms with Gasteiger partial charge in [0.2, 0.25) is 0 Å². The smallest absolute Gasteiger partial charge is 0.321 e. The minimum atomic E-state index is -0.338. The van der Waals surface area contributed by atoms with Crippen LogP contribution in [-0.4, -0.2) is 38.2 Å². The summed E-state index contributed by atoms with van der Waals surface area (Å²) >= 11 is 6.03. The topological polar surface area (TPSA) is 74.6 Å². The summed E-state index contributed by atoms with van der Waals surface area (Å²) in [5.74, 6) is 1.44. The van der Waals surface area contributed by atoms with Gasteiger partial charge in [0.25, 0.3) is 0 Å². The minimum Gasteiger partial charge on any atom is -0.497 e. The third-order valence-electron chi connectivity index (χ3n) is 3.44. The molecule has 0 aliphatic carbocycles. The number of carbonyl (C=O) groups excluding carboxylic acids is 1. The maximum absolute atomic E-state index is 12.2. The maximum atomic E-state index is 12.2. The standard InChI is InChI=1S/C18H18ClN3O3/c1-22(9-10-25-15-6-4-14(24-2)5-7-15)18(23)21-17-11-13(12-20)3-8-16(17)19/h3-8,11H,9-10H2,1-2H3,(H,21,23). The van der Waals surface area contributed by atoms with Crippen LogP contribution in [0.5, 0.6) is 11.5 Å². The fourth-order valence-corrected chi connectivity index (χ4v) is 2.14. The average molecular weight is 360 g/mol. The Morgan fingerprint density at radius 3 is 2.56 bits per heavy atom. The molecule has 2 rings (SSSR count). The molecule has 1 N–H and O–H groups in total. The molecule has 0 aliphatic rings. The van der Waals surface area contributed by atoms with Crippen molar-refractivity contribution in [2.75, 3.05) is 32.6 Å². The van der Waals surface area contributed by atoms with Crippen molar-refractivity contribution < 1.29 is 14.3 Å². The van der Waals surface area contributed by atoms with E-state index in [1.165, 1.54) is 11.0 Å². The lowest BCUT2D eigenvalue weighted by Crippen LogP contribution is -2.34. The monoisotopic (exact) mass is 359 g/mol. The Morgan fingerprint density at radius 1 is 1.24 bits per heavy atom. The van der Waals surface area contributed by atoms with Gasteiger partial charge in [-0.05, 0) is 42.5 Å². The molecule has 6 nitrogen and oxygen atoms in total. The van der Waals surface area contributed by atoms with E-state index in [9.17, 15) is 4.79 Å². The maximum Gasteiger partial charge on any atom is 0.321 e. The largest absolute Gasteiger partial charge is 0.497 e. The van der Waals surface area contributed by atoms with E-state index < -0.39 is 0 Å². The molecule has 0 saturated heterocycles. The van der Waals surface area contributed by atoms with Crippen LogP contribution in [0.1, 0.15) is 5.56 Å². The van der Waals surface area contributed by atoms with E-state index >= 15 is 0 Å². The van der Waals surface area contributed by atoms with Crippen molar-refractivity contribution in [1.29, 1.82) is 5.26 Å². The lowest BCUT2D eigenvalue weighted by Gasteiger charge is -2.19. The van der Waals surface area contributed by atoms with Crippen molar-refractivity contribution in [2.45, 2.75) is 0 Å². The van der Waals surface area contributed by atoms with Gasteiger partial charge in [-0.25, -0.2) is 4.79 Å². The number of nitriles is 1. The third kappa shape index (κ3) is 5.30. The predicted octanol–water partition coefficient (Wildman–Crippen LogP) is 3.76. The van der Waals surface area contributed by atoms with E-state index in [0.717, 1.165) is 5.75 Å². The second kappa shape index (κ2) is 8.81. The summed E-state index contributed by atoms with van der Waals surface area (Å²) in [6.45, 7) is 0.718. The van der Waals surface area contributed by atoms with E-state index in [1.807, 2.05) is 6.07 Å². The number of anilines is 1. The number of amides is 2. The molecular formula is C18H18ClN3O3. The summed E-state index contributed by atoms with van der Waals surface area (Å²) in [4.78, 5) is 13.7. The summed E-state index contributed by atoms with van der Waals surface area (Å²) in [7, 11) is 3.25. The molecular weight excluding hydrogens is 342 g/mol. The molecule has 0 atom stereocenters. The number of hydrogen-bond donors (Lipinski definition) is 1. The van der Waals surface area contributed by atoms with Crippen LogP contribution in [0.4, 0.5) is 10.5 Å². The van der Waals surface area contributed by atoms with Crippen LogP contribution >= 0.6 is 11.6 Å². The van der Waals surface area contributed by atoms with E-state index in [0.29, 0.717) is 35.2 Å². The molecule has 0 spiro atoms. The molecule has 0 heterocycles. The first-order chi connectivity index (χ1) is 12.0. The van der Waals surface area contributed by atoms with Crippen molar-refractivity contribution in [1.82, 2.24) is 4.90 Å². The van der Waals surface area contributed by atoms with E-state index in [4.69, 9.17) is 26.3 Å². The first-order valence-corrected chi connectivity index (χ1v) is 7.90. The average Bonchev–Trinajstić information content (AvgIpc) is 2.63. The summed E-state index contributed by atoms with van der Waals surface area (Å²) < 4.78 is 10.7. The fourth-order valence-electron chi connectivity index (χ4n) is 1.98. The summed E-state index contributed by atoms with van der Waals surface area (Å²) in [5, 5.41) is 12.0. The van der Waals surface area contributed by atoms with Crippen molar-refractivity contribution in [3.8, 4) is 17.6 Å². The Bertz CT molecular complexity index is 772. The molecule has 0 saturated carbocycles. The highest BCUT2D eigenvalue weighted by atomic mass is 35.5. The molecule has 0 aromatic heterocycles.